The number of oxazole rings is 1. The zero-order chi connectivity index (χ0) is 19.5. The smallest absolute Gasteiger partial charge is 0.262 e. The second-order valence-electron chi connectivity index (χ2n) is 6.46. The average Bonchev–Trinajstić information content (AvgIpc) is 3.14. The van der Waals surface area contributed by atoms with Gasteiger partial charge in [-0.15, -0.1) is 0 Å². The first-order valence-electron chi connectivity index (χ1n) is 8.91. The molecule has 0 saturated heterocycles. The summed E-state index contributed by atoms with van der Waals surface area (Å²) < 4.78 is 11.3. The molecule has 6 nitrogen and oxygen atoms in total. The molecule has 4 rings (SSSR count). The molecule has 0 aliphatic rings. The minimum atomic E-state index is -0.222. The number of carbonyl (C=O) groups is 1. The first-order valence-corrected chi connectivity index (χ1v) is 8.91. The van der Waals surface area contributed by atoms with Crippen molar-refractivity contribution < 1.29 is 13.9 Å². The Morgan fingerprint density at radius 2 is 1.89 bits per heavy atom. The number of anilines is 1. The van der Waals surface area contributed by atoms with Crippen LogP contribution in [0.1, 0.15) is 11.1 Å². The summed E-state index contributed by atoms with van der Waals surface area (Å²) >= 11 is 0. The van der Waals surface area contributed by atoms with Gasteiger partial charge in [-0.3, -0.25) is 4.79 Å². The molecule has 0 bridgehead atoms. The Bertz CT molecular complexity index is 1100. The summed E-state index contributed by atoms with van der Waals surface area (Å²) in [6.07, 6.45) is 1.67. The fourth-order valence-corrected chi connectivity index (χ4v) is 2.81. The van der Waals surface area contributed by atoms with E-state index in [4.69, 9.17) is 9.15 Å². The summed E-state index contributed by atoms with van der Waals surface area (Å²) in [5, 5.41) is 2.82. The highest BCUT2D eigenvalue weighted by Crippen LogP contribution is 2.24. The van der Waals surface area contributed by atoms with Gasteiger partial charge in [0.2, 0.25) is 5.89 Å². The summed E-state index contributed by atoms with van der Waals surface area (Å²) in [7, 11) is 0. The third-order valence-corrected chi connectivity index (χ3v) is 4.49. The third kappa shape index (κ3) is 3.71. The molecule has 0 spiro atoms. The number of aryl methyl sites for hydroxylation is 1. The van der Waals surface area contributed by atoms with Crippen molar-refractivity contribution >= 4 is 22.8 Å². The summed E-state index contributed by atoms with van der Waals surface area (Å²) in [5.41, 5.74) is 4.85. The predicted molar refractivity (Wildman–Crippen MR) is 107 cm³/mol. The number of carbonyl (C=O) groups excluding carboxylic acids is 1. The van der Waals surface area contributed by atoms with Gasteiger partial charge in [-0.2, -0.15) is 4.98 Å². The van der Waals surface area contributed by atoms with Crippen LogP contribution in [0.2, 0.25) is 0 Å². The number of amides is 1. The molecule has 1 amide bonds. The van der Waals surface area contributed by atoms with Crippen LogP contribution < -0.4 is 10.1 Å². The molecule has 0 saturated carbocycles. The standard InChI is InChI=1S/C22H19N3O3/c1-14-5-3-6-18(15(14)2)27-13-20(26)24-17-10-8-16(9-11-17)22-25-21-19(28-22)7-4-12-23-21/h3-12H,13H2,1-2H3,(H,24,26). The molecule has 2 heterocycles. The molecule has 6 heteroatoms. The lowest BCUT2D eigenvalue weighted by molar-refractivity contribution is -0.118. The van der Waals surface area contributed by atoms with Crippen LogP contribution in [-0.4, -0.2) is 22.5 Å². The van der Waals surface area contributed by atoms with Crippen LogP contribution in [0.15, 0.2) is 65.2 Å². The van der Waals surface area contributed by atoms with E-state index in [1.54, 1.807) is 24.4 Å². The minimum absolute atomic E-state index is 0.0527. The monoisotopic (exact) mass is 373 g/mol. The first-order chi connectivity index (χ1) is 13.6. The molecular weight excluding hydrogens is 354 g/mol. The van der Waals surface area contributed by atoms with Crippen LogP contribution in [0.5, 0.6) is 5.75 Å². The maximum atomic E-state index is 12.2. The molecule has 0 aliphatic carbocycles. The van der Waals surface area contributed by atoms with E-state index < -0.39 is 0 Å². The number of rotatable bonds is 5. The Kier molecular flexibility index (Phi) is 4.76. The van der Waals surface area contributed by atoms with Crippen LogP contribution in [0.3, 0.4) is 0 Å². The van der Waals surface area contributed by atoms with Gasteiger partial charge in [-0.25, -0.2) is 4.98 Å². The predicted octanol–water partition coefficient (Wildman–Crippen LogP) is 4.52. The first kappa shape index (κ1) is 17.7. The lowest BCUT2D eigenvalue weighted by Gasteiger charge is -2.11. The highest BCUT2D eigenvalue weighted by molar-refractivity contribution is 5.92. The molecule has 0 aliphatic heterocycles. The Morgan fingerprint density at radius 1 is 1.07 bits per heavy atom. The van der Waals surface area contributed by atoms with E-state index in [0.29, 0.717) is 22.8 Å². The van der Waals surface area contributed by atoms with E-state index in [-0.39, 0.29) is 12.5 Å². The summed E-state index contributed by atoms with van der Waals surface area (Å²) in [6.45, 7) is 3.93. The van der Waals surface area contributed by atoms with Crippen LogP contribution in [-0.2, 0) is 4.79 Å². The zero-order valence-electron chi connectivity index (χ0n) is 15.6. The van der Waals surface area contributed by atoms with E-state index in [2.05, 4.69) is 15.3 Å². The minimum Gasteiger partial charge on any atom is -0.483 e. The van der Waals surface area contributed by atoms with Crippen molar-refractivity contribution in [2.24, 2.45) is 0 Å². The molecule has 2 aromatic heterocycles. The summed E-state index contributed by atoms with van der Waals surface area (Å²) in [6, 6.07) is 16.7. The quantitative estimate of drug-likeness (QED) is 0.556. The number of nitrogens with zero attached hydrogens (tertiary/aromatic N) is 2. The number of fused-ring (bicyclic) bond motifs is 1. The lowest BCUT2D eigenvalue weighted by atomic mass is 10.1. The van der Waals surface area contributed by atoms with E-state index in [1.807, 2.05) is 50.2 Å². The normalized spacial score (nSPS) is 10.8. The maximum Gasteiger partial charge on any atom is 0.262 e. The van der Waals surface area contributed by atoms with Gasteiger partial charge in [0.05, 0.1) is 0 Å². The Balaban J connectivity index is 1.40. The number of hydrogen-bond acceptors (Lipinski definition) is 5. The van der Waals surface area contributed by atoms with Crippen LogP contribution in [0.4, 0.5) is 5.69 Å². The van der Waals surface area contributed by atoms with Crippen LogP contribution in [0.25, 0.3) is 22.7 Å². The average molecular weight is 373 g/mol. The van der Waals surface area contributed by atoms with Crippen molar-refractivity contribution in [3.05, 3.63) is 71.9 Å². The number of aromatic nitrogens is 2. The van der Waals surface area contributed by atoms with Crippen molar-refractivity contribution in [2.45, 2.75) is 13.8 Å². The largest absolute Gasteiger partial charge is 0.483 e. The van der Waals surface area contributed by atoms with Crippen molar-refractivity contribution in [3.8, 4) is 17.2 Å². The van der Waals surface area contributed by atoms with E-state index in [9.17, 15) is 4.79 Å². The Labute approximate surface area is 162 Å². The van der Waals surface area contributed by atoms with Gasteiger partial charge in [0, 0.05) is 17.4 Å². The molecule has 140 valence electrons. The van der Waals surface area contributed by atoms with Crippen molar-refractivity contribution in [1.82, 2.24) is 9.97 Å². The van der Waals surface area contributed by atoms with Gasteiger partial charge in [-0.1, -0.05) is 12.1 Å². The molecule has 2 aromatic carbocycles. The van der Waals surface area contributed by atoms with Gasteiger partial charge in [0.1, 0.15) is 5.75 Å². The van der Waals surface area contributed by atoms with Crippen molar-refractivity contribution in [3.63, 3.8) is 0 Å². The SMILES string of the molecule is Cc1cccc(OCC(=O)Nc2ccc(-c3nc4ncccc4o3)cc2)c1C. The Hall–Kier alpha value is -3.67. The highest BCUT2D eigenvalue weighted by atomic mass is 16.5. The van der Waals surface area contributed by atoms with E-state index in [1.165, 1.54) is 0 Å². The van der Waals surface area contributed by atoms with Gasteiger partial charge >= 0.3 is 0 Å². The van der Waals surface area contributed by atoms with Gasteiger partial charge in [0.25, 0.3) is 5.91 Å². The molecular formula is C22H19N3O3. The number of ether oxygens (including phenoxy) is 1. The Morgan fingerprint density at radius 3 is 2.68 bits per heavy atom. The maximum absolute atomic E-state index is 12.2. The molecule has 4 aromatic rings. The topological polar surface area (TPSA) is 77.2 Å². The second kappa shape index (κ2) is 7.52. The van der Waals surface area contributed by atoms with Crippen molar-refractivity contribution in [2.75, 3.05) is 11.9 Å². The highest BCUT2D eigenvalue weighted by Gasteiger charge is 2.10. The van der Waals surface area contributed by atoms with Crippen LogP contribution >= 0.6 is 0 Å². The fourth-order valence-electron chi connectivity index (χ4n) is 2.81. The number of benzene rings is 2. The summed E-state index contributed by atoms with van der Waals surface area (Å²) in [5.74, 6) is 0.986. The molecule has 0 unspecified atom stereocenters. The van der Waals surface area contributed by atoms with E-state index in [0.717, 1.165) is 22.4 Å². The molecule has 0 fully saturated rings. The van der Waals surface area contributed by atoms with Crippen molar-refractivity contribution in [1.29, 1.82) is 0 Å². The van der Waals surface area contributed by atoms with Gasteiger partial charge < -0.3 is 14.5 Å². The van der Waals surface area contributed by atoms with Gasteiger partial charge in [0.15, 0.2) is 17.8 Å². The van der Waals surface area contributed by atoms with Crippen LogP contribution in [0, 0.1) is 13.8 Å². The molecule has 1 N–H and O–H groups in total. The summed E-state index contributed by atoms with van der Waals surface area (Å²) in [4.78, 5) is 20.7. The van der Waals surface area contributed by atoms with E-state index >= 15 is 0 Å². The second-order valence-corrected chi connectivity index (χ2v) is 6.46. The lowest BCUT2D eigenvalue weighted by Crippen LogP contribution is -2.20. The zero-order valence-corrected chi connectivity index (χ0v) is 15.6. The molecule has 0 radical (unpaired) electrons. The molecule has 0 atom stereocenters. The number of hydrogen-bond donors (Lipinski definition) is 1. The number of pyridine rings is 1. The number of nitrogens with one attached hydrogen (secondary N) is 1. The third-order valence-electron chi connectivity index (χ3n) is 4.49. The van der Waals surface area contributed by atoms with Gasteiger partial charge in [-0.05, 0) is 67.4 Å². The molecule has 28 heavy (non-hydrogen) atoms. The fraction of sp³-hybridized carbons (Fsp3) is 0.136.